The van der Waals surface area contributed by atoms with Crippen LogP contribution in [-0.4, -0.2) is 0 Å². The fraction of sp³-hybridized carbons (Fsp3) is 0. The van der Waals surface area contributed by atoms with E-state index < -0.39 is 0 Å². The maximum absolute atomic E-state index is 2.40. The van der Waals surface area contributed by atoms with Crippen molar-refractivity contribution in [3.8, 4) is 66.8 Å². The summed E-state index contributed by atoms with van der Waals surface area (Å²) in [5.41, 5.74) is 14.8. The molecule has 0 aliphatic heterocycles. The second-order valence-electron chi connectivity index (χ2n) is 14.4. The molecular weight excluding hydrogens is 713 g/mol. The van der Waals surface area contributed by atoms with Gasteiger partial charge in [0.15, 0.2) is 0 Å². The van der Waals surface area contributed by atoms with Gasteiger partial charge in [0.1, 0.15) is 0 Å². The van der Waals surface area contributed by atoms with Crippen LogP contribution < -0.4 is 0 Å². The minimum absolute atomic E-state index is 1.20. The quantitative estimate of drug-likeness (QED) is 0.159. The highest BCUT2D eigenvalue weighted by Crippen LogP contribution is 2.46. The van der Waals surface area contributed by atoms with Gasteiger partial charge in [-0.2, -0.15) is 0 Å². The van der Waals surface area contributed by atoms with E-state index in [1.54, 1.807) is 0 Å². The van der Waals surface area contributed by atoms with Gasteiger partial charge in [0.05, 0.1) is 0 Å². The number of benzene rings is 9. The van der Waals surface area contributed by atoms with Gasteiger partial charge in [-0.15, -0.1) is 22.7 Å². The van der Waals surface area contributed by atoms with Crippen molar-refractivity contribution in [1.29, 1.82) is 0 Å². The Morgan fingerprint density at radius 1 is 0.232 bits per heavy atom. The van der Waals surface area contributed by atoms with Gasteiger partial charge in [-0.1, -0.05) is 164 Å². The topological polar surface area (TPSA) is 0 Å². The lowest BCUT2D eigenvalue weighted by Gasteiger charge is -2.14. The summed E-state index contributed by atoms with van der Waals surface area (Å²) in [6.45, 7) is 0. The molecule has 0 bridgehead atoms. The van der Waals surface area contributed by atoms with Crippen LogP contribution in [0.4, 0.5) is 0 Å². The normalized spacial score (nSPS) is 11.6. The monoisotopic (exact) mass is 746 g/mol. The van der Waals surface area contributed by atoms with Crippen molar-refractivity contribution in [3.05, 3.63) is 206 Å². The molecule has 0 atom stereocenters. The number of hydrogen-bond donors (Lipinski definition) is 0. The standard InChI is InChI=1S/C54H34S2/c1-3-13-35(14-4-1)39-17-9-18-40(31-39)42-32-41(36-27-29-38(30-28-36)46-22-10-23-48-47-19-7-8-24-49(47)56-54(46)48)33-43(34-42)45-21-12-26-51-53(45)52-44(20-11-25-50(52)55-51)37-15-5-2-6-16-37/h1-34H. The van der Waals surface area contributed by atoms with E-state index in [0.717, 1.165) is 0 Å². The van der Waals surface area contributed by atoms with E-state index >= 15 is 0 Å². The maximum atomic E-state index is 2.40. The van der Waals surface area contributed by atoms with Crippen molar-refractivity contribution in [2.75, 3.05) is 0 Å². The van der Waals surface area contributed by atoms with Gasteiger partial charge in [-0.05, 0) is 109 Å². The number of thiophene rings is 2. The maximum Gasteiger partial charge on any atom is 0.0433 e. The molecule has 9 aromatic carbocycles. The molecule has 2 heterocycles. The Morgan fingerprint density at radius 2 is 0.661 bits per heavy atom. The molecule has 0 nitrogen and oxygen atoms in total. The molecular formula is C54H34S2. The Kier molecular flexibility index (Phi) is 7.98. The van der Waals surface area contributed by atoms with Crippen molar-refractivity contribution in [1.82, 2.24) is 0 Å². The van der Waals surface area contributed by atoms with Gasteiger partial charge >= 0.3 is 0 Å². The Bertz CT molecular complexity index is 3220. The van der Waals surface area contributed by atoms with Crippen LogP contribution in [0.25, 0.3) is 107 Å². The van der Waals surface area contributed by atoms with Gasteiger partial charge in [0, 0.05) is 40.3 Å². The third kappa shape index (κ3) is 5.66. The zero-order valence-electron chi connectivity index (χ0n) is 30.4. The highest BCUT2D eigenvalue weighted by Gasteiger charge is 2.17. The molecule has 11 rings (SSSR count). The van der Waals surface area contributed by atoms with E-state index in [9.17, 15) is 0 Å². The van der Waals surface area contributed by atoms with Crippen LogP contribution in [0.3, 0.4) is 0 Å². The molecule has 0 aliphatic rings. The molecule has 0 spiro atoms. The molecule has 0 radical (unpaired) electrons. The lowest BCUT2D eigenvalue weighted by molar-refractivity contribution is 1.56. The summed E-state index contributed by atoms with van der Waals surface area (Å²) < 4.78 is 5.29. The van der Waals surface area contributed by atoms with Crippen LogP contribution in [-0.2, 0) is 0 Å². The summed E-state index contributed by atoms with van der Waals surface area (Å²) in [5.74, 6) is 0. The third-order valence-corrected chi connectivity index (χ3v) is 13.4. The highest BCUT2D eigenvalue weighted by atomic mass is 32.1. The molecule has 0 N–H and O–H groups in total. The van der Waals surface area contributed by atoms with Crippen LogP contribution >= 0.6 is 22.7 Å². The third-order valence-electron chi connectivity index (χ3n) is 11.1. The molecule has 0 unspecified atom stereocenters. The van der Waals surface area contributed by atoms with Gasteiger partial charge in [-0.25, -0.2) is 0 Å². The number of rotatable bonds is 6. The smallest absolute Gasteiger partial charge is 0.0433 e. The molecule has 0 aliphatic carbocycles. The van der Waals surface area contributed by atoms with Crippen molar-refractivity contribution in [2.45, 2.75) is 0 Å². The predicted molar refractivity (Wildman–Crippen MR) is 245 cm³/mol. The van der Waals surface area contributed by atoms with Crippen molar-refractivity contribution >= 4 is 63.0 Å². The van der Waals surface area contributed by atoms with Crippen LogP contribution in [0.5, 0.6) is 0 Å². The second-order valence-corrected chi connectivity index (χ2v) is 16.6. The number of hydrogen-bond acceptors (Lipinski definition) is 2. The fourth-order valence-corrected chi connectivity index (χ4v) is 10.8. The SMILES string of the molecule is c1ccc(-c2cccc(-c3cc(-c4ccc(-c5cccc6c5sc5ccccc56)cc4)cc(-c4cccc5sc6cccc(-c7ccccc7)c6c45)c3)c2)cc1. The lowest BCUT2D eigenvalue weighted by atomic mass is 9.89. The Labute approximate surface area is 334 Å². The fourth-order valence-electron chi connectivity index (χ4n) is 8.41. The van der Waals surface area contributed by atoms with Gasteiger partial charge in [-0.3, -0.25) is 0 Å². The minimum atomic E-state index is 1.20. The molecule has 2 aromatic heterocycles. The van der Waals surface area contributed by atoms with E-state index in [1.165, 1.54) is 107 Å². The summed E-state index contributed by atoms with van der Waals surface area (Å²) in [6.07, 6.45) is 0. The summed E-state index contributed by atoms with van der Waals surface area (Å²) in [6, 6.07) is 75.9. The molecule has 0 saturated heterocycles. The van der Waals surface area contributed by atoms with E-state index in [-0.39, 0.29) is 0 Å². The zero-order valence-corrected chi connectivity index (χ0v) is 32.1. The van der Waals surface area contributed by atoms with Crippen LogP contribution in [0, 0.1) is 0 Å². The summed E-state index contributed by atoms with van der Waals surface area (Å²) in [7, 11) is 0. The molecule has 56 heavy (non-hydrogen) atoms. The zero-order chi connectivity index (χ0) is 37.0. The minimum Gasteiger partial charge on any atom is -0.135 e. The highest BCUT2D eigenvalue weighted by molar-refractivity contribution is 7.26. The first-order chi connectivity index (χ1) is 27.7. The summed E-state index contributed by atoms with van der Waals surface area (Å²) in [4.78, 5) is 0. The first kappa shape index (κ1) is 32.8. The van der Waals surface area contributed by atoms with Gasteiger partial charge in [0.2, 0.25) is 0 Å². The van der Waals surface area contributed by atoms with Crippen LogP contribution in [0.1, 0.15) is 0 Å². The molecule has 0 amide bonds. The van der Waals surface area contributed by atoms with E-state index in [2.05, 4.69) is 206 Å². The number of fused-ring (bicyclic) bond motifs is 6. The molecule has 0 saturated carbocycles. The molecule has 11 aromatic rings. The van der Waals surface area contributed by atoms with E-state index in [0.29, 0.717) is 0 Å². The average Bonchev–Trinajstić information content (AvgIpc) is 3.86. The van der Waals surface area contributed by atoms with Crippen LogP contribution in [0.2, 0.25) is 0 Å². The van der Waals surface area contributed by atoms with E-state index in [1.807, 2.05) is 22.7 Å². The molecule has 0 fully saturated rings. The van der Waals surface area contributed by atoms with Crippen molar-refractivity contribution < 1.29 is 0 Å². The first-order valence-corrected chi connectivity index (χ1v) is 20.7. The van der Waals surface area contributed by atoms with Crippen molar-refractivity contribution in [3.63, 3.8) is 0 Å². The average molecular weight is 747 g/mol. The molecule has 262 valence electrons. The molecule has 2 heteroatoms. The van der Waals surface area contributed by atoms with Gasteiger partial charge in [0.25, 0.3) is 0 Å². The van der Waals surface area contributed by atoms with Crippen LogP contribution in [0.15, 0.2) is 206 Å². The van der Waals surface area contributed by atoms with Crippen molar-refractivity contribution in [2.24, 2.45) is 0 Å². The van der Waals surface area contributed by atoms with Gasteiger partial charge < -0.3 is 0 Å². The second kappa shape index (κ2) is 13.6. The Hall–Kier alpha value is -6.58. The lowest BCUT2D eigenvalue weighted by Crippen LogP contribution is -1.88. The predicted octanol–water partition coefficient (Wildman–Crippen LogP) is 16.4. The van der Waals surface area contributed by atoms with E-state index in [4.69, 9.17) is 0 Å². The summed E-state index contributed by atoms with van der Waals surface area (Å²) >= 11 is 3.77. The Balaban J connectivity index is 1.10. The Morgan fingerprint density at radius 3 is 1.39 bits per heavy atom. The summed E-state index contributed by atoms with van der Waals surface area (Å²) in [5, 5.41) is 5.30. The largest absolute Gasteiger partial charge is 0.135 e. The first-order valence-electron chi connectivity index (χ1n) is 19.1.